The van der Waals surface area contributed by atoms with Crippen LogP contribution in [-0.2, 0) is 0 Å². The molecule has 11 heavy (non-hydrogen) atoms. The Morgan fingerprint density at radius 2 is 1.91 bits per heavy atom. The summed E-state index contributed by atoms with van der Waals surface area (Å²) >= 11 is 0. The molecular weight excluding hydrogens is 144 g/mol. The predicted molar refractivity (Wildman–Crippen MR) is 41.0 cm³/mol. The maximum absolute atomic E-state index is 9.39. The lowest BCUT2D eigenvalue weighted by Gasteiger charge is -2.32. The highest BCUT2D eigenvalue weighted by atomic mass is 16.3. The molecule has 0 aromatic heterocycles. The average Bonchev–Trinajstić information content (AvgIpc) is 1.94. The van der Waals surface area contributed by atoms with Crippen LogP contribution in [0, 0.1) is 5.92 Å². The first-order valence-corrected chi connectivity index (χ1v) is 4.15. The Balaban J connectivity index is 2.47. The molecule has 0 saturated heterocycles. The van der Waals surface area contributed by atoms with Crippen molar-refractivity contribution in [3.63, 3.8) is 0 Å². The van der Waals surface area contributed by atoms with E-state index in [0.29, 0.717) is 19.3 Å². The first-order chi connectivity index (χ1) is 5.11. The molecule has 3 heteroatoms. The summed E-state index contributed by atoms with van der Waals surface area (Å²) in [5, 5.41) is 27.8. The van der Waals surface area contributed by atoms with E-state index in [1.807, 2.05) is 0 Å². The fraction of sp³-hybridized carbons (Fsp3) is 1.00. The van der Waals surface area contributed by atoms with E-state index in [9.17, 15) is 15.3 Å². The van der Waals surface area contributed by atoms with Crippen LogP contribution in [0.5, 0.6) is 0 Å². The highest BCUT2D eigenvalue weighted by molar-refractivity contribution is 4.82. The largest absolute Gasteiger partial charge is 0.393 e. The molecule has 0 aromatic rings. The smallest absolute Gasteiger partial charge is 0.0594 e. The Bertz CT molecular complexity index is 125. The molecule has 1 saturated carbocycles. The zero-order valence-corrected chi connectivity index (χ0v) is 6.77. The molecule has 0 aliphatic heterocycles. The third-order valence-electron chi connectivity index (χ3n) is 2.45. The summed E-state index contributed by atoms with van der Waals surface area (Å²) in [7, 11) is 0. The summed E-state index contributed by atoms with van der Waals surface area (Å²) in [6, 6.07) is 0. The molecule has 0 radical (unpaired) electrons. The van der Waals surface area contributed by atoms with Gasteiger partial charge < -0.3 is 15.3 Å². The quantitative estimate of drug-likeness (QED) is 0.501. The minimum atomic E-state index is -0.514. The van der Waals surface area contributed by atoms with E-state index >= 15 is 0 Å². The highest BCUT2D eigenvalue weighted by Gasteiger charge is 2.30. The van der Waals surface area contributed by atoms with Crippen LogP contribution in [0.1, 0.15) is 26.2 Å². The van der Waals surface area contributed by atoms with Crippen molar-refractivity contribution in [2.24, 2.45) is 5.92 Å². The minimum Gasteiger partial charge on any atom is -0.393 e. The molecule has 1 aliphatic carbocycles. The Labute approximate surface area is 66.7 Å². The van der Waals surface area contributed by atoms with Gasteiger partial charge in [-0.15, -0.1) is 0 Å². The van der Waals surface area contributed by atoms with Crippen LogP contribution in [0.4, 0.5) is 0 Å². The predicted octanol–water partition coefficient (Wildman–Crippen LogP) is -0.111. The van der Waals surface area contributed by atoms with Crippen LogP contribution in [-0.4, -0.2) is 33.6 Å². The topological polar surface area (TPSA) is 60.7 Å². The third kappa shape index (κ3) is 2.15. The van der Waals surface area contributed by atoms with Gasteiger partial charge in [0.25, 0.3) is 0 Å². The van der Waals surface area contributed by atoms with Crippen LogP contribution in [0.2, 0.25) is 0 Å². The SMILES string of the molecule is CC(O)C1CC(O)CCC1O. The summed E-state index contributed by atoms with van der Waals surface area (Å²) in [6.07, 6.45) is 0.510. The Kier molecular flexibility index (Phi) is 2.87. The normalized spacial score (nSPS) is 42.0. The van der Waals surface area contributed by atoms with Crippen molar-refractivity contribution in [1.82, 2.24) is 0 Å². The summed E-state index contributed by atoms with van der Waals surface area (Å²) in [6.45, 7) is 1.66. The molecule has 0 aromatic carbocycles. The zero-order valence-electron chi connectivity index (χ0n) is 6.77. The van der Waals surface area contributed by atoms with E-state index in [4.69, 9.17) is 0 Å². The van der Waals surface area contributed by atoms with Crippen molar-refractivity contribution in [3.05, 3.63) is 0 Å². The van der Waals surface area contributed by atoms with E-state index in [1.165, 1.54) is 0 Å². The maximum Gasteiger partial charge on any atom is 0.0594 e. The Morgan fingerprint density at radius 1 is 1.27 bits per heavy atom. The second kappa shape index (κ2) is 3.52. The van der Waals surface area contributed by atoms with Gasteiger partial charge in [0.2, 0.25) is 0 Å². The Morgan fingerprint density at radius 3 is 2.36 bits per heavy atom. The van der Waals surface area contributed by atoms with E-state index < -0.39 is 12.2 Å². The van der Waals surface area contributed by atoms with Crippen molar-refractivity contribution < 1.29 is 15.3 Å². The molecule has 3 N–H and O–H groups in total. The van der Waals surface area contributed by atoms with Crippen molar-refractivity contribution in [2.45, 2.75) is 44.5 Å². The highest BCUT2D eigenvalue weighted by Crippen LogP contribution is 2.27. The molecule has 1 fully saturated rings. The molecule has 1 aliphatic rings. The van der Waals surface area contributed by atoms with Gasteiger partial charge in [0.05, 0.1) is 18.3 Å². The minimum absolute atomic E-state index is 0.140. The Hall–Kier alpha value is -0.120. The molecule has 4 unspecified atom stereocenters. The van der Waals surface area contributed by atoms with Crippen molar-refractivity contribution >= 4 is 0 Å². The summed E-state index contributed by atoms with van der Waals surface area (Å²) in [5.41, 5.74) is 0. The molecule has 1 rings (SSSR count). The van der Waals surface area contributed by atoms with E-state index in [1.54, 1.807) is 6.92 Å². The average molecular weight is 160 g/mol. The number of hydrogen-bond acceptors (Lipinski definition) is 3. The van der Waals surface area contributed by atoms with Gasteiger partial charge >= 0.3 is 0 Å². The molecule has 0 spiro atoms. The molecule has 66 valence electrons. The molecule has 0 amide bonds. The van der Waals surface area contributed by atoms with Crippen LogP contribution in [0.25, 0.3) is 0 Å². The van der Waals surface area contributed by atoms with Crippen LogP contribution in [0.3, 0.4) is 0 Å². The van der Waals surface area contributed by atoms with Gasteiger partial charge in [-0.25, -0.2) is 0 Å². The zero-order chi connectivity index (χ0) is 8.43. The van der Waals surface area contributed by atoms with E-state index in [-0.39, 0.29) is 12.0 Å². The van der Waals surface area contributed by atoms with Crippen molar-refractivity contribution in [2.75, 3.05) is 0 Å². The maximum atomic E-state index is 9.39. The second-order valence-electron chi connectivity index (χ2n) is 3.44. The van der Waals surface area contributed by atoms with E-state index in [0.717, 1.165) is 0 Å². The number of aliphatic hydroxyl groups is 3. The lowest BCUT2D eigenvalue weighted by molar-refractivity contribution is -0.0432. The van der Waals surface area contributed by atoms with Gasteiger partial charge in [0.1, 0.15) is 0 Å². The van der Waals surface area contributed by atoms with Gasteiger partial charge in [-0.1, -0.05) is 0 Å². The van der Waals surface area contributed by atoms with Gasteiger partial charge in [0, 0.05) is 5.92 Å². The van der Waals surface area contributed by atoms with E-state index in [2.05, 4.69) is 0 Å². The van der Waals surface area contributed by atoms with Crippen LogP contribution >= 0.6 is 0 Å². The fourth-order valence-corrected chi connectivity index (χ4v) is 1.68. The van der Waals surface area contributed by atoms with Crippen LogP contribution in [0.15, 0.2) is 0 Å². The number of aliphatic hydroxyl groups excluding tert-OH is 3. The lowest BCUT2D eigenvalue weighted by Crippen LogP contribution is -2.37. The molecule has 0 bridgehead atoms. The van der Waals surface area contributed by atoms with Gasteiger partial charge in [-0.2, -0.15) is 0 Å². The summed E-state index contributed by atoms with van der Waals surface area (Å²) in [4.78, 5) is 0. The molecule has 0 heterocycles. The van der Waals surface area contributed by atoms with Gasteiger partial charge in [-0.05, 0) is 26.2 Å². The first-order valence-electron chi connectivity index (χ1n) is 4.15. The second-order valence-corrected chi connectivity index (χ2v) is 3.44. The third-order valence-corrected chi connectivity index (χ3v) is 2.45. The first kappa shape index (κ1) is 8.97. The van der Waals surface area contributed by atoms with Crippen molar-refractivity contribution in [3.8, 4) is 0 Å². The standard InChI is InChI=1S/C8H16O3/c1-5(9)7-4-6(10)2-3-8(7)11/h5-11H,2-4H2,1H3. The van der Waals surface area contributed by atoms with Crippen molar-refractivity contribution in [1.29, 1.82) is 0 Å². The molecular formula is C8H16O3. The molecule has 4 atom stereocenters. The molecule has 3 nitrogen and oxygen atoms in total. The van der Waals surface area contributed by atoms with Crippen LogP contribution < -0.4 is 0 Å². The summed E-state index contributed by atoms with van der Waals surface area (Å²) < 4.78 is 0. The number of hydrogen-bond donors (Lipinski definition) is 3. The fourth-order valence-electron chi connectivity index (χ4n) is 1.68. The summed E-state index contributed by atoms with van der Waals surface area (Å²) in [5.74, 6) is -0.140. The lowest BCUT2D eigenvalue weighted by atomic mass is 9.82. The monoisotopic (exact) mass is 160 g/mol. The van der Waals surface area contributed by atoms with Gasteiger partial charge in [0.15, 0.2) is 0 Å². The number of rotatable bonds is 1. The van der Waals surface area contributed by atoms with Gasteiger partial charge in [-0.3, -0.25) is 0 Å².